The number of benzene rings is 1. The van der Waals surface area contributed by atoms with Gasteiger partial charge in [-0.05, 0) is 56.4 Å². The van der Waals surface area contributed by atoms with Crippen LogP contribution in [0.4, 0.5) is 9.39 Å². The van der Waals surface area contributed by atoms with Crippen LogP contribution in [0.15, 0.2) is 18.2 Å². The van der Waals surface area contributed by atoms with Crippen molar-refractivity contribution in [3.8, 4) is 6.07 Å². The predicted octanol–water partition coefficient (Wildman–Crippen LogP) is 4.07. The van der Waals surface area contributed by atoms with E-state index in [-0.39, 0.29) is 17.7 Å². The highest BCUT2D eigenvalue weighted by molar-refractivity contribution is 7.17. The van der Waals surface area contributed by atoms with Crippen LogP contribution in [-0.4, -0.2) is 18.5 Å². The normalized spacial score (nSPS) is 12.8. The Kier molecular flexibility index (Phi) is 5.33. The van der Waals surface area contributed by atoms with E-state index < -0.39 is 17.7 Å². The molecule has 0 atom stereocenters. The van der Waals surface area contributed by atoms with Gasteiger partial charge in [0, 0.05) is 4.88 Å². The number of thiophene rings is 1. The van der Waals surface area contributed by atoms with Crippen LogP contribution in [0.5, 0.6) is 0 Å². The summed E-state index contributed by atoms with van der Waals surface area (Å²) in [6.45, 7) is 1.96. The minimum Gasteiger partial charge on any atom is -0.462 e. The molecule has 1 amide bonds. The lowest BCUT2D eigenvalue weighted by Crippen LogP contribution is -2.17. The van der Waals surface area contributed by atoms with Crippen molar-refractivity contribution in [2.24, 2.45) is 0 Å². The summed E-state index contributed by atoms with van der Waals surface area (Å²) in [4.78, 5) is 26.0. The number of fused-ring (bicyclic) bond motifs is 1. The number of carbonyl (C=O) groups is 2. The number of esters is 1. The molecule has 1 heterocycles. The molecular weight excluding hydrogens is 355 g/mol. The summed E-state index contributed by atoms with van der Waals surface area (Å²) < 4.78 is 19.2. The smallest absolute Gasteiger partial charge is 0.341 e. The van der Waals surface area contributed by atoms with Crippen LogP contribution < -0.4 is 5.32 Å². The highest BCUT2D eigenvalue weighted by Gasteiger charge is 2.27. The standard InChI is InChI=1S/C19H17FN2O3S/c1-2-25-19(24)16-13-5-3-4-6-15(13)26-18(16)22-17(23)12-8-7-11(10-21)9-14(12)20/h7-9H,2-6H2,1H3,(H,22,23). The van der Waals surface area contributed by atoms with Gasteiger partial charge in [0.25, 0.3) is 5.91 Å². The summed E-state index contributed by atoms with van der Waals surface area (Å²) in [5.41, 5.74) is 1.27. The Morgan fingerprint density at radius 2 is 2.12 bits per heavy atom. The molecule has 7 heteroatoms. The lowest BCUT2D eigenvalue weighted by Gasteiger charge is -2.12. The fourth-order valence-electron chi connectivity index (χ4n) is 3.01. The van der Waals surface area contributed by atoms with Gasteiger partial charge >= 0.3 is 5.97 Å². The van der Waals surface area contributed by atoms with Crippen molar-refractivity contribution in [2.75, 3.05) is 11.9 Å². The molecule has 0 fully saturated rings. The largest absolute Gasteiger partial charge is 0.462 e. The molecule has 0 radical (unpaired) electrons. The Bertz CT molecular complexity index is 914. The van der Waals surface area contributed by atoms with Crippen molar-refractivity contribution in [2.45, 2.75) is 32.6 Å². The number of nitriles is 1. The van der Waals surface area contributed by atoms with Crippen molar-refractivity contribution in [3.63, 3.8) is 0 Å². The maximum absolute atomic E-state index is 14.1. The van der Waals surface area contributed by atoms with Crippen LogP contribution >= 0.6 is 11.3 Å². The molecule has 2 aromatic rings. The number of halogens is 1. The zero-order valence-electron chi connectivity index (χ0n) is 14.2. The zero-order valence-corrected chi connectivity index (χ0v) is 15.0. The minimum atomic E-state index is -0.777. The van der Waals surface area contributed by atoms with E-state index in [1.165, 1.54) is 23.5 Å². The maximum Gasteiger partial charge on any atom is 0.341 e. The van der Waals surface area contributed by atoms with Crippen LogP contribution in [0, 0.1) is 17.1 Å². The second-order valence-electron chi connectivity index (χ2n) is 5.90. The second-order valence-corrected chi connectivity index (χ2v) is 7.00. The van der Waals surface area contributed by atoms with Gasteiger partial charge in [-0.25, -0.2) is 9.18 Å². The molecule has 134 valence electrons. The summed E-state index contributed by atoms with van der Waals surface area (Å²) in [7, 11) is 0. The summed E-state index contributed by atoms with van der Waals surface area (Å²) in [5.74, 6) is -1.90. The van der Waals surface area contributed by atoms with E-state index in [1.807, 2.05) is 6.07 Å². The third-order valence-corrected chi connectivity index (χ3v) is 5.43. The van der Waals surface area contributed by atoms with Gasteiger partial charge in [-0.3, -0.25) is 4.79 Å². The molecule has 1 aromatic carbocycles. The highest BCUT2D eigenvalue weighted by Crippen LogP contribution is 2.38. The number of aryl methyl sites for hydroxylation is 1. The van der Waals surface area contributed by atoms with E-state index in [1.54, 1.807) is 6.92 Å². The molecule has 1 N–H and O–H groups in total. The number of amides is 1. The number of rotatable bonds is 4. The number of hydrogen-bond acceptors (Lipinski definition) is 5. The third-order valence-electron chi connectivity index (χ3n) is 4.22. The van der Waals surface area contributed by atoms with Gasteiger partial charge in [-0.2, -0.15) is 5.26 Å². The van der Waals surface area contributed by atoms with E-state index in [4.69, 9.17) is 10.00 Å². The molecule has 26 heavy (non-hydrogen) atoms. The monoisotopic (exact) mass is 372 g/mol. The topological polar surface area (TPSA) is 79.2 Å². The molecule has 0 unspecified atom stereocenters. The first-order valence-electron chi connectivity index (χ1n) is 8.37. The number of carbonyl (C=O) groups excluding carboxylic acids is 2. The number of anilines is 1. The van der Waals surface area contributed by atoms with Crippen LogP contribution in [0.25, 0.3) is 0 Å². The van der Waals surface area contributed by atoms with E-state index >= 15 is 0 Å². The molecule has 1 aliphatic rings. The van der Waals surface area contributed by atoms with Crippen LogP contribution in [0.1, 0.15) is 56.5 Å². The molecule has 0 spiro atoms. The van der Waals surface area contributed by atoms with E-state index in [0.717, 1.165) is 42.2 Å². The predicted molar refractivity (Wildman–Crippen MR) is 96.0 cm³/mol. The van der Waals surface area contributed by atoms with Crippen molar-refractivity contribution in [1.82, 2.24) is 0 Å². The van der Waals surface area contributed by atoms with Gasteiger partial charge in [-0.1, -0.05) is 0 Å². The second kappa shape index (κ2) is 7.67. The van der Waals surface area contributed by atoms with Crippen LogP contribution in [0.3, 0.4) is 0 Å². The number of nitrogens with zero attached hydrogens (tertiary/aromatic N) is 1. The van der Waals surface area contributed by atoms with Crippen molar-refractivity contribution in [1.29, 1.82) is 5.26 Å². The molecule has 1 aromatic heterocycles. The average molecular weight is 372 g/mol. The molecule has 0 saturated carbocycles. The van der Waals surface area contributed by atoms with Gasteiger partial charge in [0.15, 0.2) is 0 Å². The lowest BCUT2D eigenvalue weighted by molar-refractivity contribution is 0.0526. The molecule has 1 aliphatic carbocycles. The SMILES string of the molecule is CCOC(=O)c1c(NC(=O)c2ccc(C#N)cc2F)sc2c1CCCC2. The third kappa shape index (κ3) is 3.46. The van der Waals surface area contributed by atoms with Gasteiger partial charge in [0.1, 0.15) is 10.8 Å². The van der Waals surface area contributed by atoms with E-state index in [2.05, 4.69) is 5.32 Å². The number of hydrogen-bond donors (Lipinski definition) is 1. The van der Waals surface area contributed by atoms with E-state index in [0.29, 0.717) is 10.6 Å². The van der Waals surface area contributed by atoms with Crippen molar-refractivity contribution < 1.29 is 18.7 Å². The molecule has 5 nitrogen and oxygen atoms in total. The average Bonchev–Trinajstić information content (AvgIpc) is 2.99. The Balaban J connectivity index is 1.94. The molecule has 0 bridgehead atoms. The van der Waals surface area contributed by atoms with Crippen LogP contribution in [-0.2, 0) is 17.6 Å². The fraction of sp³-hybridized carbons (Fsp3) is 0.316. The Morgan fingerprint density at radius 3 is 2.81 bits per heavy atom. The minimum absolute atomic E-state index is 0.137. The number of nitrogens with one attached hydrogen (secondary N) is 1. The maximum atomic E-state index is 14.1. The fourth-order valence-corrected chi connectivity index (χ4v) is 4.28. The first-order chi connectivity index (χ1) is 12.5. The lowest BCUT2D eigenvalue weighted by atomic mass is 9.95. The summed E-state index contributed by atoms with van der Waals surface area (Å²) >= 11 is 1.35. The van der Waals surface area contributed by atoms with E-state index in [9.17, 15) is 14.0 Å². The van der Waals surface area contributed by atoms with Gasteiger partial charge < -0.3 is 10.1 Å². The Morgan fingerprint density at radius 1 is 1.35 bits per heavy atom. The molecular formula is C19H17FN2O3S. The summed E-state index contributed by atoms with van der Waals surface area (Å²) in [6, 6.07) is 5.48. The highest BCUT2D eigenvalue weighted by atomic mass is 32.1. The molecule has 0 saturated heterocycles. The van der Waals surface area contributed by atoms with Gasteiger partial charge in [0.05, 0.1) is 29.4 Å². The Labute approximate surface area is 154 Å². The zero-order chi connectivity index (χ0) is 18.7. The Hall–Kier alpha value is -2.72. The molecule has 0 aliphatic heterocycles. The summed E-state index contributed by atoms with van der Waals surface area (Å²) in [6.07, 6.45) is 3.63. The van der Waals surface area contributed by atoms with Crippen LogP contribution in [0.2, 0.25) is 0 Å². The first-order valence-corrected chi connectivity index (χ1v) is 9.19. The van der Waals surface area contributed by atoms with Crippen molar-refractivity contribution >= 4 is 28.2 Å². The summed E-state index contributed by atoms with van der Waals surface area (Å²) in [5, 5.41) is 11.9. The quantitative estimate of drug-likeness (QED) is 0.821. The first kappa shape index (κ1) is 18.1. The van der Waals surface area contributed by atoms with Crippen molar-refractivity contribution in [3.05, 3.63) is 51.1 Å². The van der Waals surface area contributed by atoms with Gasteiger partial charge in [0.2, 0.25) is 0 Å². The molecule has 3 rings (SSSR count). The van der Waals surface area contributed by atoms with Gasteiger partial charge in [-0.15, -0.1) is 11.3 Å². The number of ether oxygens (including phenoxy) is 1.